The first kappa shape index (κ1) is 28.0. The Labute approximate surface area is 246 Å². The van der Waals surface area contributed by atoms with Crippen molar-refractivity contribution in [3.8, 4) is 11.4 Å². The maximum atomic E-state index is 13.1. The molecule has 5 aromatic rings. The third-order valence-electron chi connectivity index (χ3n) is 6.67. The van der Waals surface area contributed by atoms with E-state index in [1.165, 1.54) is 36.4 Å². The number of pyridine rings is 1. The summed E-state index contributed by atoms with van der Waals surface area (Å²) in [6.07, 6.45) is 1.73. The van der Waals surface area contributed by atoms with Crippen LogP contribution in [0.1, 0.15) is 0 Å². The molecule has 0 radical (unpaired) electrons. The fourth-order valence-electron chi connectivity index (χ4n) is 4.52. The predicted octanol–water partition coefficient (Wildman–Crippen LogP) is 5.11. The van der Waals surface area contributed by atoms with Crippen LogP contribution in [0.5, 0.6) is 0 Å². The standard InChI is InChI=1S/C30H26FN7O4S/c31-21-5-9-24(10-6-21)37-43(40,41)25-13-11-23(12-14-25)34-30(39)33-22-7-3-20(4-8-22)28-35-26-2-1-15-32-27(26)29(36-28)38-16-18-42-19-17-38/h1-15,37H,16-19H2,(H2,33,34,39). The number of anilines is 4. The van der Waals surface area contributed by atoms with Gasteiger partial charge in [-0.3, -0.25) is 9.71 Å². The van der Waals surface area contributed by atoms with Gasteiger partial charge in [-0.05, 0) is 84.9 Å². The molecule has 218 valence electrons. The first-order chi connectivity index (χ1) is 20.8. The zero-order valence-electron chi connectivity index (χ0n) is 22.7. The van der Waals surface area contributed by atoms with Gasteiger partial charge >= 0.3 is 6.03 Å². The van der Waals surface area contributed by atoms with Crippen molar-refractivity contribution in [1.29, 1.82) is 0 Å². The minimum Gasteiger partial charge on any atom is -0.378 e. The molecule has 0 aliphatic carbocycles. The summed E-state index contributed by atoms with van der Waals surface area (Å²) in [5, 5.41) is 5.44. The Balaban J connectivity index is 1.11. The van der Waals surface area contributed by atoms with Crippen LogP contribution in [-0.4, -0.2) is 55.7 Å². The number of rotatable bonds is 7. The van der Waals surface area contributed by atoms with Gasteiger partial charge in [0, 0.05) is 41.9 Å². The quantitative estimate of drug-likeness (QED) is 0.235. The molecule has 0 unspecified atom stereocenters. The molecule has 11 nitrogen and oxygen atoms in total. The lowest BCUT2D eigenvalue weighted by Crippen LogP contribution is -2.37. The molecule has 2 aromatic heterocycles. The smallest absolute Gasteiger partial charge is 0.323 e. The van der Waals surface area contributed by atoms with Crippen molar-refractivity contribution in [2.75, 3.05) is 46.6 Å². The molecule has 1 fully saturated rings. The number of nitrogens with zero attached hydrogens (tertiary/aromatic N) is 4. The van der Waals surface area contributed by atoms with Crippen molar-refractivity contribution in [2.24, 2.45) is 0 Å². The van der Waals surface area contributed by atoms with E-state index in [2.05, 4.69) is 25.2 Å². The Hall–Kier alpha value is -5.14. The van der Waals surface area contributed by atoms with Gasteiger partial charge in [-0.15, -0.1) is 0 Å². The summed E-state index contributed by atoms with van der Waals surface area (Å²) in [5.74, 6) is 0.833. The van der Waals surface area contributed by atoms with E-state index in [0.717, 1.165) is 34.5 Å². The number of sulfonamides is 1. The molecule has 13 heteroatoms. The fourth-order valence-corrected chi connectivity index (χ4v) is 5.58. The van der Waals surface area contributed by atoms with E-state index in [9.17, 15) is 17.6 Å². The zero-order valence-corrected chi connectivity index (χ0v) is 23.5. The molecule has 1 saturated heterocycles. The van der Waals surface area contributed by atoms with Crippen LogP contribution in [0.4, 0.5) is 32.1 Å². The average Bonchev–Trinajstić information content (AvgIpc) is 3.02. The molecule has 1 aliphatic rings. The van der Waals surface area contributed by atoms with Crippen molar-refractivity contribution < 1.29 is 22.3 Å². The molecule has 43 heavy (non-hydrogen) atoms. The Bertz CT molecular complexity index is 1860. The molecule has 2 amide bonds. The van der Waals surface area contributed by atoms with E-state index in [1.807, 2.05) is 24.3 Å². The molecule has 0 spiro atoms. The lowest BCUT2D eigenvalue weighted by atomic mass is 10.2. The largest absolute Gasteiger partial charge is 0.378 e. The van der Waals surface area contributed by atoms with Crippen LogP contribution < -0.4 is 20.3 Å². The number of benzene rings is 3. The summed E-state index contributed by atoms with van der Waals surface area (Å²) in [6, 6.07) is 21.0. The van der Waals surface area contributed by atoms with Crippen molar-refractivity contribution >= 4 is 50.0 Å². The van der Waals surface area contributed by atoms with Gasteiger partial charge in [0.2, 0.25) is 0 Å². The molecule has 3 heterocycles. The van der Waals surface area contributed by atoms with Crippen LogP contribution in [0.2, 0.25) is 0 Å². The molecule has 6 rings (SSSR count). The van der Waals surface area contributed by atoms with E-state index in [1.54, 1.807) is 18.3 Å². The number of amides is 2. The van der Waals surface area contributed by atoms with Gasteiger partial charge < -0.3 is 20.3 Å². The Morgan fingerprint density at radius 3 is 2.12 bits per heavy atom. The van der Waals surface area contributed by atoms with Crippen LogP contribution in [0.15, 0.2) is 96.0 Å². The zero-order chi connectivity index (χ0) is 29.8. The van der Waals surface area contributed by atoms with E-state index in [4.69, 9.17) is 14.7 Å². The highest BCUT2D eigenvalue weighted by atomic mass is 32.2. The van der Waals surface area contributed by atoms with Gasteiger partial charge in [0.1, 0.15) is 11.3 Å². The second-order valence-corrected chi connectivity index (χ2v) is 11.3. The number of carbonyl (C=O) groups excluding carboxylic acids is 1. The maximum absolute atomic E-state index is 13.1. The van der Waals surface area contributed by atoms with E-state index < -0.39 is 21.9 Å². The van der Waals surface area contributed by atoms with E-state index in [0.29, 0.717) is 43.5 Å². The van der Waals surface area contributed by atoms with Gasteiger partial charge in [0.15, 0.2) is 11.6 Å². The van der Waals surface area contributed by atoms with Crippen molar-refractivity contribution in [3.05, 3.63) is 96.9 Å². The molecular weight excluding hydrogens is 573 g/mol. The molecule has 3 N–H and O–H groups in total. The molecular formula is C30H26FN7O4S. The van der Waals surface area contributed by atoms with Crippen molar-refractivity contribution in [1.82, 2.24) is 15.0 Å². The molecule has 0 bridgehead atoms. The van der Waals surface area contributed by atoms with Crippen LogP contribution in [0.25, 0.3) is 22.4 Å². The van der Waals surface area contributed by atoms with Crippen LogP contribution in [0, 0.1) is 5.82 Å². The second-order valence-electron chi connectivity index (χ2n) is 9.63. The number of ether oxygens (including phenoxy) is 1. The Morgan fingerprint density at radius 2 is 1.44 bits per heavy atom. The van der Waals surface area contributed by atoms with Gasteiger partial charge in [-0.1, -0.05) is 0 Å². The van der Waals surface area contributed by atoms with E-state index in [-0.39, 0.29) is 10.6 Å². The summed E-state index contributed by atoms with van der Waals surface area (Å²) >= 11 is 0. The third-order valence-corrected chi connectivity index (χ3v) is 8.06. The monoisotopic (exact) mass is 599 g/mol. The number of hydrogen-bond donors (Lipinski definition) is 3. The number of carbonyl (C=O) groups is 1. The van der Waals surface area contributed by atoms with Crippen LogP contribution >= 0.6 is 0 Å². The number of hydrogen-bond acceptors (Lipinski definition) is 8. The van der Waals surface area contributed by atoms with Crippen molar-refractivity contribution in [2.45, 2.75) is 4.90 Å². The topological polar surface area (TPSA) is 138 Å². The minimum atomic E-state index is -3.89. The van der Waals surface area contributed by atoms with Crippen LogP contribution in [-0.2, 0) is 14.8 Å². The number of nitrogens with one attached hydrogen (secondary N) is 3. The van der Waals surface area contributed by atoms with Crippen molar-refractivity contribution in [3.63, 3.8) is 0 Å². The molecule has 1 aliphatic heterocycles. The summed E-state index contributed by atoms with van der Waals surface area (Å²) in [7, 11) is -3.89. The fraction of sp³-hybridized carbons (Fsp3) is 0.133. The number of morpholine rings is 1. The summed E-state index contributed by atoms with van der Waals surface area (Å²) < 4.78 is 46.2. The van der Waals surface area contributed by atoms with Crippen LogP contribution in [0.3, 0.4) is 0 Å². The maximum Gasteiger partial charge on any atom is 0.323 e. The Kier molecular flexibility index (Phi) is 7.81. The lowest BCUT2D eigenvalue weighted by Gasteiger charge is -2.28. The predicted molar refractivity (Wildman–Crippen MR) is 162 cm³/mol. The highest BCUT2D eigenvalue weighted by Crippen LogP contribution is 2.27. The molecule has 3 aromatic carbocycles. The van der Waals surface area contributed by atoms with Gasteiger partial charge in [-0.2, -0.15) is 0 Å². The number of urea groups is 1. The lowest BCUT2D eigenvalue weighted by molar-refractivity contribution is 0.122. The van der Waals surface area contributed by atoms with Gasteiger partial charge in [0.05, 0.1) is 23.6 Å². The highest BCUT2D eigenvalue weighted by Gasteiger charge is 2.19. The number of fused-ring (bicyclic) bond motifs is 1. The van der Waals surface area contributed by atoms with E-state index >= 15 is 0 Å². The first-order valence-electron chi connectivity index (χ1n) is 13.4. The SMILES string of the molecule is O=C(Nc1ccc(-c2nc(N3CCOCC3)c3ncccc3n2)cc1)Nc1ccc(S(=O)(=O)Nc2ccc(F)cc2)cc1. The average molecular weight is 600 g/mol. The summed E-state index contributed by atoms with van der Waals surface area (Å²) in [5.41, 5.74) is 3.41. The van der Waals surface area contributed by atoms with Gasteiger partial charge in [0.25, 0.3) is 10.0 Å². The summed E-state index contributed by atoms with van der Waals surface area (Å²) in [4.78, 5) is 28.8. The van der Waals surface area contributed by atoms with Gasteiger partial charge in [-0.25, -0.2) is 27.6 Å². The minimum absolute atomic E-state index is 0.0122. The molecule has 0 saturated carbocycles. The Morgan fingerprint density at radius 1 is 0.814 bits per heavy atom. The number of halogens is 1. The highest BCUT2D eigenvalue weighted by molar-refractivity contribution is 7.92. The summed E-state index contributed by atoms with van der Waals surface area (Å²) in [6.45, 7) is 2.67. The third kappa shape index (κ3) is 6.52. The molecule has 0 atom stereocenters. The second kappa shape index (κ2) is 12.0. The first-order valence-corrected chi connectivity index (χ1v) is 14.8. The number of aromatic nitrogens is 3. The normalized spacial score (nSPS) is 13.5.